The fourth-order valence-corrected chi connectivity index (χ4v) is 17.9. The molecular formula is C106H152O21. The molecule has 9 heterocycles. The molecule has 9 saturated heterocycles. The first-order valence-corrected chi connectivity index (χ1v) is 48.1. The molecule has 21 heteroatoms. The lowest BCUT2D eigenvalue weighted by Gasteiger charge is -2.44. The van der Waals surface area contributed by atoms with Crippen LogP contribution in [0.25, 0.3) is 0 Å². The van der Waals surface area contributed by atoms with Gasteiger partial charge in [0.25, 0.3) is 6.48 Å². The molecule has 0 radical (unpaired) electrons. The highest BCUT2D eigenvalue weighted by molar-refractivity contribution is 5.72. The van der Waals surface area contributed by atoms with Crippen LogP contribution in [0, 0.1) is 68.5 Å². The van der Waals surface area contributed by atoms with E-state index in [1.165, 1.54) is 110 Å². The van der Waals surface area contributed by atoms with Crippen molar-refractivity contribution in [2.45, 2.75) is 240 Å². The van der Waals surface area contributed by atoms with Crippen molar-refractivity contribution in [1.29, 1.82) is 0 Å². The smallest absolute Gasteiger partial charge is 0.309 e. The predicted octanol–water partition coefficient (Wildman–Crippen LogP) is 19.6. The lowest BCUT2D eigenvalue weighted by Crippen LogP contribution is -2.51. The third kappa shape index (κ3) is 29.2. The topological polar surface area (TPSA) is 219 Å². The Morgan fingerprint density at radius 1 is 0.425 bits per heavy atom. The van der Waals surface area contributed by atoms with Crippen molar-refractivity contribution in [1.82, 2.24) is 0 Å². The molecule has 0 aromatic heterocycles. The van der Waals surface area contributed by atoms with Crippen molar-refractivity contribution < 1.29 is 99.9 Å². The second-order valence-corrected chi connectivity index (χ2v) is 40.1. The highest BCUT2D eigenvalue weighted by Crippen LogP contribution is 2.52. The van der Waals surface area contributed by atoms with E-state index in [1.54, 1.807) is 0 Å². The average molecular weight is 1760 g/mol. The molecule has 14 fully saturated rings. The van der Waals surface area contributed by atoms with Crippen molar-refractivity contribution in [2.75, 3.05) is 145 Å². The van der Waals surface area contributed by atoms with Crippen LogP contribution in [0.5, 0.6) is 17.2 Å². The molecule has 5 aromatic rings. The van der Waals surface area contributed by atoms with Crippen molar-refractivity contribution in [3.8, 4) is 17.2 Å². The van der Waals surface area contributed by atoms with Gasteiger partial charge in [0.15, 0.2) is 6.29 Å². The number of carbonyl (C=O) groups is 1. The molecule has 702 valence electrons. The number of epoxide rings is 2. The molecule has 5 aliphatic carbocycles. The van der Waals surface area contributed by atoms with Gasteiger partial charge in [0.2, 0.25) is 0 Å². The van der Waals surface area contributed by atoms with Gasteiger partial charge in [-0.25, -0.2) is 0 Å². The van der Waals surface area contributed by atoms with E-state index in [1.807, 2.05) is 24.3 Å². The Bertz CT molecular complexity index is 3790. The van der Waals surface area contributed by atoms with Gasteiger partial charge in [-0.1, -0.05) is 160 Å². The van der Waals surface area contributed by atoms with Crippen molar-refractivity contribution >= 4 is 5.97 Å². The molecule has 19 rings (SSSR count). The molecule has 5 aromatic carbocycles. The standard InChI is InChI=1S/C40H46O6.C20H30O4.C15H22O3.C12H22O3.C12H20O2.C7H12O3/c1-39(2,30-9-7-29(8-10-30)24-45-38-27-46-38)31-13-19-36(20-14-31)43-25-34(41)26-44-37-21-15-33(16-22-37)40(3,4)32-11-17-35(18-12-32)42-23-28-5-6-28;1-3-19(13-23-14-19)11-21-9-17-5-7-18(8-6-17)10-22-12-20(4-2)15-24-16-20;16-15(11-3-4-13-14(7-11)18-13)17-8-9-1-2-10-6-12(10)5-9;1-3-11(5-13-6-11)9-15-10-12(4-2)7-14-8-12;1-3-13-9-11-5-7-12(8-6-11)10-14-4-2;1-2-7-3-8-6(9-4-7)10-5-7/h7-22,28,34,38,41H,5-6,23-27H2,1-4H3;5-8H,3-4,9-16H2,1-2H3;9-14H,1-8H2;3-10H2,1-2H3;3-4,11-12H,1-2,5-10H2;6H,2-5H2,1H3. The number of rotatable bonds is 42. The van der Waals surface area contributed by atoms with E-state index in [0.29, 0.717) is 85.3 Å². The van der Waals surface area contributed by atoms with E-state index >= 15 is 0 Å². The largest absolute Gasteiger partial charge is 0.502 e. The van der Waals surface area contributed by atoms with Gasteiger partial charge in [-0.3, -0.25) is 4.79 Å². The lowest BCUT2D eigenvalue weighted by atomic mass is 9.78. The predicted molar refractivity (Wildman–Crippen MR) is 489 cm³/mol. The van der Waals surface area contributed by atoms with E-state index in [0.717, 1.165) is 199 Å². The minimum absolute atomic E-state index is 0.0345. The van der Waals surface area contributed by atoms with Crippen molar-refractivity contribution in [3.05, 3.63) is 186 Å². The molecule has 5 saturated carbocycles. The fourth-order valence-electron chi connectivity index (χ4n) is 17.9. The number of aliphatic hydroxyl groups excluding tert-OH is 1. The third-order valence-corrected chi connectivity index (χ3v) is 29.3. The van der Waals surface area contributed by atoms with Gasteiger partial charge in [-0.15, -0.1) is 0 Å². The van der Waals surface area contributed by atoms with Crippen LogP contribution in [0.3, 0.4) is 0 Å². The van der Waals surface area contributed by atoms with Gasteiger partial charge in [0.1, 0.15) is 43.2 Å². The van der Waals surface area contributed by atoms with E-state index in [-0.39, 0.29) is 64.9 Å². The lowest BCUT2D eigenvalue weighted by molar-refractivity contribution is -0.395. The molecule has 14 aliphatic rings. The van der Waals surface area contributed by atoms with E-state index in [2.05, 4.69) is 173 Å². The summed E-state index contributed by atoms with van der Waals surface area (Å²) in [6.45, 7) is 45.1. The van der Waals surface area contributed by atoms with Crippen LogP contribution < -0.4 is 14.2 Å². The van der Waals surface area contributed by atoms with E-state index in [4.69, 9.17) is 90.0 Å². The Balaban J connectivity index is 0.000000143. The summed E-state index contributed by atoms with van der Waals surface area (Å²) in [5, 5.41) is 10.5. The molecule has 9 aliphatic heterocycles. The van der Waals surface area contributed by atoms with Gasteiger partial charge in [-0.05, 0) is 226 Å². The fraction of sp³-hybridized carbons (Fsp3) is 0.670. The summed E-state index contributed by atoms with van der Waals surface area (Å²) < 4.78 is 104. The van der Waals surface area contributed by atoms with Crippen LogP contribution in [0.15, 0.2) is 147 Å². The number of carbonyl (C=O) groups excluding carboxylic acids is 1. The zero-order valence-corrected chi connectivity index (χ0v) is 78.1. The Morgan fingerprint density at radius 3 is 1.20 bits per heavy atom. The monoisotopic (exact) mass is 1760 g/mol. The van der Waals surface area contributed by atoms with Gasteiger partial charge in [0.05, 0.1) is 176 Å². The summed E-state index contributed by atoms with van der Waals surface area (Å²) in [6.07, 6.45) is 24.6. The SMILES string of the molecule is C=COCC1CCC(COC=C)CC1.CC(C)(c1ccc(COC2CO2)cc1)c1ccc(OCC(O)COc2ccc(C(C)(C)c3ccc(OCC4CC4)cc3)cc2)cc1.CCC1(COCC2(CC)COC2)COC1.CCC1(COCc2ccc(COCC3(CC)COC3)cc2)COC1.CCC12COC(OC1)OC2.O=C(OCC1CCC2CC2C1)C1CCC2OC2C1. The van der Waals surface area contributed by atoms with Crippen LogP contribution in [-0.4, -0.2) is 188 Å². The summed E-state index contributed by atoms with van der Waals surface area (Å²) in [7, 11) is 0. The Morgan fingerprint density at radius 2 is 0.819 bits per heavy atom. The minimum Gasteiger partial charge on any atom is -0.502 e. The summed E-state index contributed by atoms with van der Waals surface area (Å²) >= 11 is 0. The zero-order valence-electron chi connectivity index (χ0n) is 78.1. The second kappa shape index (κ2) is 47.2. The molecule has 0 amide bonds. The summed E-state index contributed by atoms with van der Waals surface area (Å²) in [5.41, 5.74) is 9.34. The highest BCUT2D eigenvalue weighted by Gasteiger charge is 2.48. The van der Waals surface area contributed by atoms with Crippen LogP contribution in [-0.2, 0) is 111 Å². The first kappa shape index (κ1) is 98.0. The third-order valence-electron chi connectivity index (χ3n) is 29.3. The first-order valence-electron chi connectivity index (χ1n) is 48.1. The number of hydrogen-bond acceptors (Lipinski definition) is 21. The van der Waals surface area contributed by atoms with Crippen molar-refractivity contribution in [2.24, 2.45) is 68.5 Å². The van der Waals surface area contributed by atoms with Gasteiger partial charge < -0.3 is 95.1 Å². The number of hydrogen-bond donors (Lipinski definition) is 1. The Kier molecular flexibility index (Phi) is 36.4. The number of esters is 1. The number of benzene rings is 5. The molecule has 8 unspecified atom stereocenters. The van der Waals surface area contributed by atoms with Gasteiger partial charge in [-0.2, -0.15) is 0 Å². The summed E-state index contributed by atoms with van der Waals surface area (Å²) in [5.74, 6) is 7.33. The quantitative estimate of drug-likeness (QED) is 0.0218. The Hall–Kier alpha value is -6.51. The van der Waals surface area contributed by atoms with Crippen LogP contribution in [0.4, 0.5) is 0 Å². The van der Waals surface area contributed by atoms with Gasteiger partial charge in [0, 0.05) is 37.9 Å². The molecule has 21 nitrogen and oxygen atoms in total. The molecule has 0 spiro atoms. The van der Waals surface area contributed by atoms with Gasteiger partial charge >= 0.3 is 5.97 Å². The summed E-state index contributed by atoms with van der Waals surface area (Å²) in [4.78, 5) is 12.0. The van der Waals surface area contributed by atoms with Crippen LogP contribution in [0.1, 0.15) is 217 Å². The minimum atomic E-state index is -0.762. The first-order chi connectivity index (χ1) is 61.6. The van der Waals surface area contributed by atoms with Crippen LogP contribution in [0.2, 0.25) is 0 Å². The average Bonchev–Trinajstić information content (AvgIpc) is 1.66. The summed E-state index contributed by atoms with van der Waals surface area (Å²) in [6, 6.07) is 41.7. The maximum Gasteiger partial charge on any atom is 0.309 e. The van der Waals surface area contributed by atoms with E-state index in [9.17, 15) is 9.90 Å². The maximum atomic E-state index is 12.0. The number of fused-ring (bicyclic) bond motifs is 5. The zero-order chi connectivity index (χ0) is 89.2. The van der Waals surface area contributed by atoms with E-state index < -0.39 is 6.10 Å². The Labute approximate surface area is 758 Å². The molecule has 127 heavy (non-hydrogen) atoms. The molecular weight excluding hydrogens is 1610 g/mol. The normalized spacial score (nSPS) is 26.8. The molecule has 8 atom stereocenters. The number of ether oxygens (including phenoxy) is 19. The van der Waals surface area contributed by atoms with Crippen LogP contribution >= 0.6 is 0 Å². The second-order valence-electron chi connectivity index (χ2n) is 40.1. The molecule has 2 bridgehead atoms. The molecule has 1 N–H and O–H groups in total. The maximum absolute atomic E-state index is 12.0. The number of aliphatic hydroxyl groups is 1. The van der Waals surface area contributed by atoms with Crippen molar-refractivity contribution in [3.63, 3.8) is 0 Å². The highest BCUT2D eigenvalue weighted by atomic mass is 16.9.